The van der Waals surface area contributed by atoms with Crippen LogP contribution < -0.4 is 0 Å². The van der Waals surface area contributed by atoms with Gasteiger partial charge < -0.3 is 0 Å². The van der Waals surface area contributed by atoms with Gasteiger partial charge >= 0.3 is 6.18 Å². The molecule has 0 saturated carbocycles. The quantitative estimate of drug-likeness (QED) is 0.553. The van der Waals surface area contributed by atoms with Gasteiger partial charge in [-0.05, 0) is 6.42 Å². The Morgan fingerprint density at radius 3 is 2.10 bits per heavy atom. The monoisotopic (exact) mass is 158 g/mol. The van der Waals surface area contributed by atoms with E-state index in [1.54, 1.807) is 6.92 Å². The average molecular weight is 158 g/mol. The molecule has 0 heterocycles. The van der Waals surface area contributed by atoms with Crippen LogP contribution in [0.5, 0.6) is 0 Å². The first-order chi connectivity index (χ1) is 4.45. The van der Waals surface area contributed by atoms with E-state index < -0.39 is 18.8 Å². The summed E-state index contributed by atoms with van der Waals surface area (Å²) in [6.45, 7) is 1.66. The molecule has 0 aliphatic rings. The van der Waals surface area contributed by atoms with Gasteiger partial charge in [-0.2, -0.15) is 13.2 Å². The predicted octanol–water partition coefficient (Wildman–Crippen LogP) is 3.08. The fourth-order valence-electron chi connectivity index (χ4n) is 0.666. The van der Waals surface area contributed by atoms with Gasteiger partial charge in [0.2, 0.25) is 0 Å². The van der Waals surface area contributed by atoms with Gasteiger partial charge in [-0.15, -0.1) is 0 Å². The fourth-order valence-corrected chi connectivity index (χ4v) is 0.666. The minimum atomic E-state index is -4.35. The summed E-state index contributed by atoms with van der Waals surface area (Å²) in [4.78, 5) is 0. The molecule has 0 N–H and O–H groups in total. The van der Waals surface area contributed by atoms with E-state index in [1.165, 1.54) is 0 Å². The Kier molecular flexibility index (Phi) is 3.68. The van der Waals surface area contributed by atoms with Crippen molar-refractivity contribution in [2.45, 2.75) is 38.5 Å². The van der Waals surface area contributed by atoms with Gasteiger partial charge in [0.05, 0.1) is 6.42 Å². The molecule has 0 fully saturated rings. The Morgan fingerprint density at radius 1 is 1.30 bits per heavy atom. The zero-order valence-corrected chi connectivity index (χ0v) is 5.71. The Balaban J connectivity index is 3.47. The van der Waals surface area contributed by atoms with E-state index in [0.717, 1.165) is 0 Å². The van der Waals surface area contributed by atoms with Gasteiger partial charge in [-0.1, -0.05) is 13.3 Å². The van der Waals surface area contributed by atoms with Crippen LogP contribution >= 0.6 is 0 Å². The molecule has 0 radical (unpaired) electrons. The van der Waals surface area contributed by atoms with Crippen molar-refractivity contribution in [3.05, 3.63) is 0 Å². The Labute approximate surface area is 57.2 Å². The zero-order chi connectivity index (χ0) is 8.20. The van der Waals surface area contributed by atoms with Crippen LogP contribution in [0.2, 0.25) is 0 Å². The lowest BCUT2D eigenvalue weighted by Gasteiger charge is -2.08. The van der Waals surface area contributed by atoms with Crippen molar-refractivity contribution in [1.29, 1.82) is 0 Å². The average Bonchev–Trinajstić information content (AvgIpc) is 1.59. The third-order valence-electron chi connectivity index (χ3n) is 1.05. The van der Waals surface area contributed by atoms with E-state index in [1.807, 2.05) is 0 Å². The van der Waals surface area contributed by atoms with Crippen molar-refractivity contribution >= 4 is 0 Å². The maximum Gasteiger partial charge on any atom is 0.391 e. The van der Waals surface area contributed by atoms with Gasteiger partial charge in [-0.3, -0.25) is 0 Å². The van der Waals surface area contributed by atoms with E-state index in [0.29, 0.717) is 6.42 Å². The van der Waals surface area contributed by atoms with Gasteiger partial charge in [0.25, 0.3) is 0 Å². The van der Waals surface area contributed by atoms with Crippen LogP contribution in [0.4, 0.5) is 17.6 Å². The van der Waals surface area contributed by atoms with E-state index in [9.17, 15) is 17.6 Å². The van der Waals surface area contributed by atoms with Crippen LogP contribution in [0.15, 0.2) is 0 Å². The van der Waals surface area contributed by atoms with Crippen molar-refractivity contribution in [3.8, 4) is 0 Å². The second-order valence-corrected chi connectivity index (χ2v) is 2.21. The molecule has 0 aromatic heterocycles. The van der Waals surface area contributed by atoms with Gasteiger partial charge in [-0.25, -0.2) is 4.39 Å². The molecule has 1 atom stereocenters. The summed E-state index contributed by atoms with van der Waals surface area (Å²) in [5.41, 5.74) is 0. The van der Waals surface area contributed by atoms with Crippen molar-refractivity contribution in [3.63, 3.8) is 0 Å². The normalized spacial score (nSPS) is 15.3. The molecule has 0 spiro atoms. The fraction of sp³-hybridized carbons (Fsp3) is 1.00. The maximum absolute atomic E-state index is 12.2. The van der Waals surface area contributed by atoms with Crippen LogP contribution in [0.3, 0.4) is 0 Å². The van der Waals surface area contributed by atoms with Crippen molar-refractivity contribution in [2.24, 2.45) is 0 Å². The van der Waals surface area contributed by atoms with Crippen molar-refractivity contribution in [1.82, 2.24) is 0 Å². The third kappa shape index (κ3) is 5.85. The highest BCUT2D eigenvalue weighted by Gasteiger charge is 2.31. The number of alkyl halides is 4. The molecule has 10 heavy (non-hydrogen) atoms. The maximum atomic E-state index is 12.2. The third-order valence-corrected chi connectivity index (χ3v) is 1.05. The minimum Gasteiger partial charge on any atom is -0.247 e. The molecule has 0 nitrogen and oxygen atoms in total. The lowest BCUT2D eigenvalue weighted by molar-refractivity contribution is -0.146. The van der Waals surface area contributed by atoms with Crippen LogP contribution in [0, 0.1) is 0 Å². The lowest BCUT2D eigenvalue weighted by Crippen LogP contribution is -2.15. The summed E-state index contributed by atoms with van der Waals surface area (Å²) in [6, 6.07) is 0. The topological polar surface area (TPSA) is 0 Å². The molecule has 1 unspecified atom stereocenters. The number of rotatable bonds is 3. The summed E-state index contributed by atoms with van der Waals surface area (Å²) < 4.78 is 46.3. The minimum absolute atomic E-state index is 0.000486. The summed E-state index contributed by atoms with van der Waals surface area (Å²) in [5.74, 6) is 0. The number of hydrogen-bond donors (Lipinski definition) is 0. The SMILES string of the molecule is CCCC(F)CC(F)(F)F. The lowest BCUT2D eigenvalue weighted by atomic mass is 10.2. The largest absolute Gasteiger partial charge is 0.391 e. The molecule has 0 saturated heterocycles. The number of hydrogen-bond acceptors (Lipinski definition) is 0. The molecule has 0 aromatic rings. The van der Waals surface area contributed by atoms with Crippen LogP contribution in [0.25, 0.3) is 0 Å². The van der Waals surface area contributed by atoms with E-state index in [4.69, 9.17) is 0 Å². The molecule has 0 amide bonds. The highest BCUT2D eigenvalue weighted by Crippen LogP contribution is 2.24. The number of halogens is 4. The van der Waals surface area contributed by atoms with Crippen molar-refractivity contribution < 1.29 is 17.6 Å². The van der Waals surface area contributed by atoms with E-state index >= 15 is 0 Å². The summed E-state index contributed by atoms with van der Waals surface area (Å²) >= 11 is 0. The first kappa shape index (κ1) is 9.72. The zero-order valence-electron chi connectivity index (χ0n) is 5.71. The highest BCUT2D eigenvalue weighted by atomic mass is 19.4. The molecular formula is C6H10F4. The first-order valence-corrected chi connectivity index (χ1v) is 3.16. The Morgan fingerprint density at radius 2 is 1.80 bits per heavy atom. The van der Waals surface area contributed by atoms with Crippen LogP contribution in [-0.4, -0.2) is 12.3 Å². The Hall–Kier alpha value is -0.280. The molecule has 0 rings (SSSR count). The summed E-state index contributed by atoms with van der Waals surface area (Å²) in [5, 5.41) is 0. The van der Waals surface area contributed by atoms with Crippen LogP contribution in [-0.2, 0) is 0 Å². The van der Waals surface area contributed by atoms with E-state index in [2.05, 4.69) is 0 Å². The predicted molar refractivity (Wildman–Crippen MR) is 30.5 cm³/mol. The summed E-state index contributed by atoms with van der Waals surface area (Å²) in [6.07, 6.45) is -6.92. The molecule has 0 aliphatic heterocycles. The van der Waals surface area contributed by atoms with Crippen LogP contribution in [0.1, 0.15) is 26.2 Å². The second kappa shape index (κ2) is 3.78. The van der Waals surface area contributed by atoms with Crippen molar-refractivity contribution in [2.75, 3.05) is 0 Å². The summed E-state index contributed by atoms with van der Waals surface area (Å²) in [7, 11) is 0. The van der Waals surface area contributed by atoms with E-state index in [-0.39, 0.29) is 6.42 Å². The molecule has 0 aliphatic carbocycles. The highest BCUT2D eigenvalue weighted by molar-refractivity contribution is 4.60. The molecule has 4 heteroatoms. The molecular weight excluding hydrogens is 148 g/mol. The smallest absolute Gasteiger partial charge is 0.247 e. The second-order valence-electron chi connectivity index (χ2n) is 2.21. The van der Waals surface area contributed by atoms with Gasteiger partial charge in [0.1, 0.15) is 6.17 Å². The Bertz CT molecular complexity index is 86.2. The molecule has 0 bridgehead atoms. The first-order valence-electron chi connectivity index (χ1n) is 3.16. The molecule has 62 valence electrons. The molecule has 0 aromatic carbocycles. The van der Waals surface area contributed by atoms with Gasteiger partial charge in [0.15, 0.2) is 0 Å². The van der Waals surface area contributed by atoms with Gasteiger partial charge in [0, 0.05) is 0 Å². The standard InChI is InChI=1S/C6H10F4/c1-2-3-5(7)4-6(8,9)10/h5H,2-4H2,1H3.